The van der Waals surface area contributed by atoms with Gasteiger partial charge in [-0.25, -0.2) is 9.97 Å². The lowest BCUT2D eigenvalue weighted by atomic mass is 9.92. The van der Waals surface area contributed by atoms with E-state index in [2.05, 4.69) is 131 Å². The summed E-state index contributed by atoms with van der Waals surface area (Å²) < 4.78 is 2.18. The van der Waals surface area contributed by atoms with Crippen LogP contribution in [-0.4, -0.2) is 19.5 Å². The predicted molar refractivity (Wildman–Crippen MR) is 176 cm³/mol. The molecule has 0 saturated heterocycles. The van der Waals surface area contributed by atoms with Crippen molar-refractivity contribution in [1.82, 2.24) is 19.5 Å². The highest BCUT2D eigenvalue weighted by Crippen LogP contribution is 2.36. The lowest BCUT2D eigenvalue weighted by Crippen LogP contribution is -1.99. The summed E-state index contributed by atoms with van der Waals surface area (Å²) >= 11 is 0. The fraction of sp³-hybridized carbons (Fsp3) is 0. The van der Waals surface area contributed by atoms with Gasteiger partial charge in [0.1, 0.15) is 5.82 Å². The second-order valence-electron chi connectivity index (χ2n) is 10.5. The van der Waals surface area contributed by atoms with Crippen molar-refractivity contribution in [2.45, 2.75) is 0 Å². The molecule has 8 rings (SSSR count). The van der Waals surface area contributed by atoms with E-state index >= 15 is 0 Å². The van der Waals surface area contributed by atoms with Crippen LogP contribution in [0.1, 0.15) is 0 Å². The highest BCUT2D eigenvalue weighted by atomic mass is 15.1. The Labute approximate surface area is 249 Å². The maximum absolute atomic E-state index is 5.11. The predicted octanol–water partition coefficient (Wildman–Crippen LogP) is 9.64. The molecular formula is C39H26N4. The van der Waals surface area contributed by atoms with E-state index in [1.807, 2.05) is 36.7 Å². The van der Waals surface area contributed by atoms with Crippen LogP contribution >= 0.6 is 0 Å². The Bertz CT molecular complexity index is 2180. The van der Waals surface area contributed by atoms with Crippen LogP contribution in [0.2, 0.25) is 0 Å². The first-order chi connectivity index (χ1) is 21.3. The van der Waals surface area contributed by atoms with Gasteiger partial charge in [-0.2, -0.15) is 0 Å². The molecule has 4 nitrogen and oxygen atoms in total. The number of rotatable bonds is 5. The van der Waals surface area contributed by atoms with E-state index in [0.717, 1.165) is 44.9 Å². The van der Waals surface area contributed by atoms with E-state index in [1.54, 1.807) is 0 Å². The molecule has 0 aliphatic rings. The Balaban J connectivity index is 1.23. The summed E-state index contributed by atoms with van der Waals surface area (Å²) in [5, 5.41) is 2.34. The van der Waals surface area contributed by atoms with Crippen molar-refractivity contribution in [1.29, 1.82) is 0 Å². The summed E-state index contributed by atoms with van der Waals surface area (Å²) in [6, 6.07) is 50.4. The van der Waals surface area contributed by atoms with Gasteiger partial charge in [-0.3, -0.25) is 9.55 Å². The monoisotopic (exact) mass is 550 g/mol. The van der Waals surface area contributed by atoms with E-state index in [1.165, 1.54) is 27.6 Å². The Morgan fingerprint density at radius 3 is 1.88 bits per heavy atom. The van der Waals surface area contributed by atoms with Crippen molar-refractivity contribution < 1.29 is 0 Å². The molecule has 0 aliphatic carbocycles. The van der Waals surface area contributed by atoms with E-state index in [-0.39, 0.29) is 0 Å². The second-order valence-corrected chi connectivity index (χ2v) is 10.5. The van der Waals surface area contributed by atoms with Gasteiger partial charge < -0.3 is 0 Å². The van der Waals surface area contributed by atoms with Gasteiger partial charge in [-0.15, -0.1) is 0 Å². The number of hydrogen-bond acceptors (Lipinski definition) is 3. The highest BCUT2D eigenvalue weighted by molar-refractivity contribution is 6.08. The Morgan fingerprint density at radius 1 is 0.419 bits per heavy atom. The molecule has 0 spiro atoms. The molecule has 202 valence electrons. The molecule has 8 aromatic rings. The van der Waals surface area contributed by atoms with Crippen molar-refractivity contribution in [2.75, 3.05) is 0 Å². The first kappa shape index (κ1) is 24.9. The summed E-state index contributed by atoms with van der Waals surface area (Å²) in [5.41, 5.74) is 10.5. The first-order valence-electron chi connectivity index (χ1n) is 14.4. The zero-order valence-electron chi connectivity index (χ0n) is 23.3. The van der Waals surface area contributed by atoms with Gasteiger partial charge >= 0.3 is 0 Å². The van der Waals surface area contributed by atoms with E-state index < -0.39 is 0 Å². The molecule has 0 atom stereocenters. The molecule has 0 N–H and O–H groups in total. The molecule has 4 aromatic heterocycles. The van der Waals surface area contributed by atoms with E-state index in [4.69, 9.17) is 9.97 Å². The Kier molecular flexibility index (Phi) is 6.08. The number of nitrogens with zero attached hydrogens (tertiary/aromatic N) is 4. The van der Waals surface area contributed by atoms with Crippen molar-refractivity contribution >= 4 is 21.8 Å². The van der Waals surface area contributed by atoms with Gasteiger partial charge in [0, 0.05) is 22.5 Å². The molecule has 4 heterocycles. The minimum atomic E-state index is 0.818. The van der Waals surface area contributed by atoms with Crippen LogP contribution in [0.5, 0.6) is 0 Å². The average molecular weight is 551 g/mol. The zero-order valence-corrected chi connectivity index (χ0v) is 23.3. The zero-order chi connectivity index (χ0) is 28.6. The average Bonchev–Trinajstić information content (AvgIpc) is 3.43. The molecule has 0 fully saturated rings. The molecule has 0 saturated carbocycles. The van der Waals surface area contributed by atoms with E-state index in [9.17, 15) is 0 Å². The minimum Gasteiger partial charge on any atom is -0.292 e. The standard InChI is InChI=1S/C39H26N4/c1-3-11-27(12-4-1)30-22-21-29(25-33(30)28-13-5-2-6-14-28)34-16-9-17-35(41-34)36-18-10-20-39(42-36)43-37-19-8-7-15-31(37)32-23-24-40-26-38(32)43/h1-26H. The summed E-state index contributed by atoms with van der Waals surface area (Å²) in [4.78, 5) is 14.6. The maximum Gasteiger partial charge on any atom is 0.138 e. The van der Waals surface area contributed by atoms with Crippen LogP contribution in [0.4, 0.5) is 0 Å². The molecule has 4 aromatic carbocycles. The Hall–Kier alpha value is -5.87. The fourth-order valence-corrected chi connectivity index (χ4v) is 5.92. The largest absolute Gasteiger partial charge is 0.292 e. The van der Waals surface area contributed by atoms with Gasteiger partial charge in [0.15, 0.2) is 0 Å². The molecular weight excluding hydrogens is 524 g/mol. The van der Waals surface area contributed by atoms with Gasteiger partial charge in [0.2, 0.25) is 0 Å². The summed E-state index contributed by atoms with van der Waals surface area (Å²) in [6.07, 6.45) is 3.75. The number of para-hydroxylation sites is 1. The molecule has 0 aliphatic heterocycles. The van der Waals surface area contributed by atoms with Crippen LogP contribution in [-0.2, 0) is 0 Å². The van der Waals surface area contributed by atoms with Crippen molar-refractivity contribution in [3.8, 4) is 50.7 Å². The minimum absolute atomic E-state index is 0.818. The lowest BCUT2D eigenvalue weighted by molar-refractivity contribution is 1.07. The first-order valence-corrected chi connectivity index (χ1v) is 14.4. The molecule has 43 heavy (non-hydrogen) atoms. The highest BCUT2D eigenvalue weighted by Gasteiger charge is 2.15. The molecule has 4 heteroatoms. The molecule has 0 bridgehead atoms. The van der Waals surface area contributed by atoms with Crippen molar-refractivity contribution in [3.63, 3.8) is 0 Å². The van der Waals surface area contributed by atoms with Crippen LogP contribution < -0.4 is 0 Å². The Morgan fingerprint density at radius 2 is 1.07 bits per heavy atom. The maximum atomic E-state index is 5.11. The molecule has 0 radical (unpaired) electrons. The van der Waals surface area contributed by atoms with Gasteiger partial charge in [-0.05, 0) is 64.7 Å². The quantitative estimate of drug-likeness (QED) is 0.214. The van der Waals surface area contributed by atoms with Gasteiger partial charge in [-0.1, -0.05) is 103 Å². The smallest absolute Gasteiger partial charge is 0.138 e. The summed E-state index contributed by atoms with van der Waals surface area (Å²) in [6.45, 7) is 0. The van der Waals surface area contributed by atoms with Crippen LogP contribution in [0.25, 0.3) is 72.5 Å². The molecule has 0 unspecified atom stereocenters. The van der Waals surface area contributed by atoms with E-state index in [0.29, 0.717) is 0 Å². The third-order valence-electron chi connectivity index (χ3n) is 7.94. The van der Waals surface area contributed by atoms with Crippen LogP contribution in [0.15, 0.2) is 158 Å². The van der Waals surface area contributed by atoms with Crippen LogP contribution in [0.3, 0.4) is 0 Å². The lowest BCUT2D eigenvalue weighted by Gasteiger charge is -2.13. The number of pyridine rings is 3. The third-order valence-corrected chi connectivity index (χ3v) is 7.94. The van der Waals surface area contributed by atoms with Crippen molar-refractivity contribution in [2.24, 2.45) is 0 Å². The van der Waals surface area contributed by atoms with Gasteiger partial charge in [0.05, 0.1) is 34.3 Å². The fourth-order valence-electron chi connectivity index (χ4n) is 5.92. The van der Waals surface area contributed by atoms with Gasteiger partial charge in [0.25, 0.3) is 0 Å². The van der Waals surface area contributed by atoms with Crippen molar-refractivity contribution in [3.05, 3.63) is 158 Å². The number of fused-ring (bicyclic) bond motifs is 3. The number of aromatic nitrogens is 4. The topological polar surface area (TPSA) is 43.6 Å². The normalized spacial score (nSPS) is 11.3. The number of benzene rings is 4. The molecule has 0 amide bonds. The summed E-state index contributed by atoms with van der Waals surface area (Å²) in [7, 11) is 0. The van der Waals surface area contributed by atoms with Crippen LogP contribution in [0, 0.1) is 0 Å². The summed E-state index contributed by atoms with van der Waals surface area (Å²) in [5.74, 6) is 0.836. The number of hydrogen-bond donors (Lipinski definition) is 0. The second kappa shape index (κ2) is 10.5. The SMILES string of the molecule is c1ccc(-c2ccc(-c3cccc(-c4cccc(-n5c6ccccc6c6ccncc65)n4)n3)cc2-c2ccccc2)cc1. The third kappa shape index (κ3) is 4.46.